The van der Waals surface area contributed by atoms with E-state index in [1.54, 1.807) is 17.0 Å². The Kier molecular flexibility index (Phi) is 5.01. The molecule has 3 N–H and O–H groups in total. The lowest BCUT2D eigenvalue weighted by molar-refractivity contribution is 0.149. The van der Waals surface area contributed by atoms with Crippen LogP contribution in [0, 0.1) is 0 Å². The van der Waals surface area contributed by atoms with Gasteiger partial charge in [0.1, 0.15) is 0 Å². The SMILES string of the molecule is NCCN1CCN(C(=O)Nc2ccccc2Cl)CC1. The molecule has 1 aliphatic rings. The van der Waals surface area contributed by atoms with E-state index in [0.29, 0.717) is 17.3 Å². The van der Waals surface area contributed by atoms with Crippen molar-refractivity contribution in [3.05, 3.63) is 29.3 Å². The van der Waals surface area contributed by atoms with Crippen molar-refractivity contribution in [3.63, 3.8) is 0 Å². The lowest BCUT2D eigenvalue weighted by atomic mass is 10.3. The lowest BCUT2D eigenvalue weighted by Gasteiger charge is -2.34. The van der Waals surface area contributed by atoms with E-state index in [1.165, 1.54) is 0 Å². The predicted molar refractivity (Wildman–Crippen MR) is 77.5 cm³/mol. The molecule has 1 saturated heterocycles. The van der Waals surface area contributed by atoms with E-state index in [9.17, 15) is 4.79 Å². The average molecular weight is 283 g/mol. The lowest BCUT2D eigenvalue weighted by Crippen LogP contribution is -2.50. The van der Waals surface area contributed by atoms with Crippen LogP contribution in [0.15, 0.2) is 24.3 Å². The van der Waals surface area contributed by atoms with Crippen LogP contribution in [-0.4, -0.2) is 55.1 Å². The monoisotopic (exact) mass is 282 g/mol. The highest BCUT2D eigenvalue weighted by Gasteiger charge is 2.20. The van der Waals surface area contributed by atoms with Gasteiger partial charge in [-0.15, -0.1) is 0 Å². The van der Waals surface area contributed by atoms with E-state index in [2.05, 4.69) is 10.2 Å². The van der Waals surface area contributed by atoms with Crippen molar-refractivity contribution in [1.82, 2.24) is 9.80 Å². The minimum atomic E-state index is -0.0968. The van der Waals surface area contributed by atoms with Gasteiger partial charge in [0.2, 0.25) is 0 Å². The minimum Gasteiger partial charge on any atom is -0.329 e. The number of halogens is 1. The van der Waals surface area contributed by atoms with Gasteiger partial charge in [-0.05, 0) is 12.1 Å². The number of hydrogen-bond donors (Lipinski definition) is 2. The van der Waals surface area contributed by atoms with Gasteiger partial charge >= 0.3 is 6.03 Å². The molecule has 1 heterocycles. The summed E-state index contributed by atoms with van der Waals surface area (Å²) in [6.07, 6.45) is 0. The van der Waals surface area contributed by atoms with Gasteiger partial charge in [-0.1, -0.05) is 23.7 Å². The molecule has 0 atom stereocenters. The van der Waals surface area contributed by atoms with Crippen LogP contribution in [0.25, 0.3) is 0 Å². The first-order valence-corrected chi connectivity index (χ1v) is 6.81. The third kappa shape index (κ3) is 3.83. The van der Waals surface area contributed by atoms with Gasteiger partial charge in [0.05, 0.1) is 10.7 Å². The van der Waals surface area contributed by atoms with Crippen molar-refractivity contribution in [2.75, 3.05) is 44.6 Å². The van der Waals surface area contributed by atoms with Crippen LogP contribution in [-0.2, 0) is 0 Å². The molecule has 6 heteroatoms. The Hall–Kier alpha value is -1.30. The topological polar surface area (TPSA) is 61.6 Å². The maximum atomic E-state index is 12.1. The standard InChI is InChI=1S/C13H19ClN4O/c14-11-3-1-2-4-12(11)16-13(19)18-9-7-17(6-5-15)8-10-18/h1-4H,5-10,15H2,(H,16,19). The average Bonchev–Trinajstić information content (AvgIpc) is 2.42. The van der Waals surface area contributed by atoms with Crippen molar-refractivity contribution >= 4 is 23.3 Å². The van der Waals surface area contributed by atoms with Gasteiger partial charge in [0.25, 0.3) is 0 Å². The van der Waals surface area contributed by atoms with Crippen molar-refractivity contribution in [2.45, 2.75) is 0 Å². The largest absolute Gasteiger partial charge is 0.329 e. The molecule has 0 saturated carbocycles. The Labute approximate surface area is 118 Å². The van der Waals surface area contributed by atoms with Crippen molar-refractivity contribution in [1.29, 1.82) is 0 Å². The van der Waals surface area contributed by atoms with Crippen LogP contribution < -0.4 is 11.1 Å². The van der Waals surface area contributed by atoms with Crippen LogP contribution in [0.4, 0.5) is 10.5 Å². The second kappa shape index (κ2) is 6.75. The van der Waals surface area contributed by atoms with Gasteiger partial charge in [-0.2, -0.15) is 0 Å². The highest BCUT2D eigenvalue weighted by molar-refractivity contribution is 6.33. The maximum absolute atomic E-state index is 12.1. The molecule has 1 fully saturated rings. The molecule has 5 nitrogen and oxygen atoms in total. The zero-order valence-corrected chi connectivity index (χ0v) is 11.6. The number of anilines is 1. The molecule has 104 valence electrons. The molecule has 0 spiro atoms. The predicted octanol–water partition coefficient (Wildman–Crippen LogP) is 1.45. The molecule has 0 aliphatic carbocycles. The summed E-state index contributed by atoms with van der Waals surface area (Å²) in [4.78, 5) is 16.2. The number of para-hydroxylation sites is 1. The van der Waals surface area contributed by atoms with E-state index >= 15 is 0 Å². The van der Waals surface area contributed by atoms with E-state index in [-0.39, 0.29) is 6.03 Å². The summed E-state index contributed by atoms with van der Waals surface area (Å²) < 4.78 is 0. The Morgan fingerprint density at radius 1 is 1.26 bits per heavy atom. The van der Waals surface area contributed by atoms with Crippen molar-refractivity contribution in [3.8, 4) is 0 Å². The van der Waals surface area contributed by atoms with E-state index < -0.39 is 0 Å². The minimum absolute atomic E-state index is 0.0968. The summed E-state index contributed by atoms with van der Waals surface area (Å²) in [6.45, 7) is 4.72. The highest BCUT2D eigenvalue weighted by atomic mass is 35.5. The molecule has 2 rings (SSSR count). The number of nitrogens with one attached hydrogen (secondary N) is 1. The fourth-order valence-corrected chi connectivity index (χ4v) is 2.30. The zero-order valence-electron chi connectivity index (χ0n) is 10.8. The van der Waals surface area contributed by atoms with E-state index in [0.717, 1.165) is 32.7 Å². The number of benzene rings is 1. The Morgan fingerprint density at radius 3 is 2.58 bits per heavy atom. The smallest absolute Gasteiger partial charge is 0.321 e. The summed E-state index contributed by atoms with van der Waals surface area (Å²) in [5, 5.41) is 3.39. The second-order valence-corrected chi connectivity index (χ2v) is 4.93. The number of piperazine rings is 1. The number of rotatable bonds is 3. The Bertz CT molecular complexity index is 432. The second-order valence-electron chi connectivity index (χ2n) is 4.53. The number of carbonyl (C=O) groups excluding carboxylic acids is 1. The number of amides is 2. The fourth-order valence-electron chi connectivity index (χ4n) is 2.11. The van der Waals surface area contributed by atoms with Gasteiger partial charge < -0.3 is 16.0 Å². The summed E-state index contributed by atoms with van der Waals surface area (Å²) in [7, 11) is 0. The molecule has 0 bridgehead atoms. The van der Waals surface area contributed by atoms with Crippen LogP contribution in [0.3, 0.4) is 0 Å². The van der Waals surface area contributed by atoms with Crippen molar-refractivity contribution in [2.24, 2.45) is 5.73 Å². The molecule has 1 aromatic carbocycles. The van der Waals surface area contributed by atoms with Crippen molar-refractivity contribution < 1.29 is 4.79 Å². The quantitative estimate of drug-likeness (QED) is 0.882. The summed E-state index contributed by atoms with van der Waals surface area (Å²) >= 11 is 6.02. The molecule has 0 aromatic heterocycles. The van der Waals surface area contributed by atoms with Gasteiger partial charge in [-0.3, -0.25) is 4.90 Å². The molecule has 0 radical (unpaired) electrons. The number of nitrogens with zero attached hydrogens (tertiary/aromatic N) is 2. The number of hydrogen-bond acceptors (Lipinski definition) is 3. The number of urea groups is 1. The van der Waals surface area contributed by atoms with Crippen LogP contribution >= 0.6 is 11.6 Å². The molecule has 0 unspecified atom stereocenters. The van der Waals surface area contributed by atoms with Gasteiger partial charge in [-0.25, -0.2) is 4.79 Å². The number of nitrogens with two attached hydrogens (primary N) is 1. The zero-order chi connectivity index (χ0) is 13.7. The van der Waals surface area contributed by atoms with Crippen LogP contribution in [0.5, 0.6) is 0 Å². The highest BCUT2D eigenvalue weighted by Crippen LogP contribution is 2.20. The molecule has 19 heavy (non-hydrogen) atoms. The molecule has 1 aromatic rings. The van der Waals surface area contributed by atoms with Crippen LogP contribution in [0.1, 0.15) is 0 Å². The number of carbonyl (C=O) groups is 1. The Morgan fingerprint density at radius 2 is 1.95 bits per heavy atom. The normalized spacial score (nSPS) is 16.4. The first-order valence-electron chi connectivity index (χ1n) is 6.43. The van der Waals surface area contributed by atoms with Gasteiger partial charge in [0, 0.05) is 39.3 Å². The van der Waals surface area contributed by atoms with E-state index in [4.69, 9.17) is 17.3 Å². The molecular weight excluding hydrogens is 264 g/mol. The van der Waals surface area contributed by atoms with Crippen LogP contribution in [0.2, 0.25) is 5.02 Å². The molecular formula is C13H19ClN4O. The first-order chi connectivity index (χ1) is 9.20. The maximum Gasteiger partial charge on any atom is 0.321 e. The molecule has 2 amide bonds. The fraction of sp³-hybridized carbons (Fsp3) is 0.462. The summed E-state index contributed by atoms with van der Waals surface area (Å²) in [5.74, 6) is 0. The Balaban J connectivity index is 1.87. The third-order valence-corrected chi connectivity index (χ3v) is 3.55. The van der Waals surface area contributed by atoms with Gasteiger partial charge in [0.15, 0.2) is 0 Å². The third-order valence-electron chi connectivity index (χ3n) is 3.22. The van der Waals surface area contributed by atoms with E-state index in [1.807, 2.05) is 12.1 Å². The summed E-state index contributed by atoms with van der Waals surface area (Å²) in [6, 6.07) is 7.14. The first kappa shape index (κ1) is 14.1. The summed E-state index contributed by atoms with van der Waals surface area (Å²) in [5.41, 5.74) is 6.17. The molecule has 1 aliphatic heterocycles.